The van der Waals surface area contributed by atoms with Crippen molar-refractivity contribution < 1.29 is 14.3 Å². The van der Waals surface area contributed by atoms with Gasteiger partial charge in [-0.05, 0) is 67.2 Å². The summed E-state index contributed by atoms with van der Waals surface area (Å²) in [5.74, 6) is 0.0451. The fourth-order valence-corrected chi connectivity index (χ4v) is 4.38. The van der Waals surface area contributed by atoms with Crippen LogP contribution in [0, 0.1) is 0 Å². The molecule has 0 aliphatic carbocycles. The van der Waals surface area contributed by atoms with E-state index in [1.54, 1.807) is 7.11 Å². The third-order valence-electron chi connectivity index (χ3n) is 6.23. The first-order valence-electron chi connectivity index (χ1n) is 11.2. The number of carbonyl (C=O) groups is 2. The number of benzene rings is 2. The number of hydrogen-bond donors (Lipinski definition) is 1. The van der Waals surface area contributed by atoms with Gasteiger partial charge in [-0.15, -0.1) is 0 Å². The molecule has 0 spiro atoms. The highest BCUT2D eigenvalue weighted by Crippen LogP contribution is 2.27. The zero-order valence-electron chi connectivity index (χ0n) is 18.2. The smallest absolute Gasteiger partial charge is 0.254 e. The number of methoxy groups -OCH3 is 1. The molecule has 0 bridgehead atoms. The second-order valence-corrected chi connectivity index (χ2v) is 8.29. The van der Waals surface area contributed by atoms with Gasteiger partial charge in [0, 0.05) is 44.4 Å². The maximum Gasteiger partial charge on any atom is 0.254 e. The first-order valence-corrected chi connectivity index (χ1v) is 11.2. The first-order chi connectivity index (χ1) is 15.2. The minimum Gasteiger partial charge on any atom is -0.383 e. The molecule has 31 heavy (non-hydrogen) atoms. The minimum absolute atomic E-state index is 0.103. The molecule has 1 N–H and O–H groups in total. The van der Waals surface area contributed by atoms with Crippen molar-refractivity contribution in [1.82, 2.24) is 15.1 Å². The molecule has 2 aromatic carbocycles. The van der Waals surface area contributed by atoms with Crippen molar-refractivity contribution in [1.29, 1.82) is 0 Å². The molecular weight excluding hydrogens is 390 g/mol. The minimum atomic E-state index is -0.103. The summed E-state index contributed by atoms with van der Waals surface area (Å²) in [5, 5.41) is 2.83. The van der Waals surface area contributed by atoms with Crippen molar-refractivity contribution >= 4 is 11.8 Å². The molecule has 6 heteroatoms. The molecule has 0 unspecified atom stereocenters. The van der Waals surface area contributed by atoms with Crippen LogP contribution in [0.4, 0.5) is 0 Å². The number of carbonyl (C=O) groups excluding carboxylic acids is 2. The van der Waals surface area contributed by atoms with Crippen LogP contribution in [0.15, 0.2) is 42.5 Å². The maximum atomic E-state index is 13.0. The van der Waals surface area contributed by atoms with Crippen LogP contribution in [0.25, 0.3) is 11.1 Å². The maximum absolute atomic E-state index is 13.0. The van der Waals surface area contributed by atoms with Crippen LogP contribution in [0.1, 0.15) is 39.1 Å². The lowest BCUT2D eigenvalue weighted by Gasteiger charge is -2.30. The van der Waals surface area contributed by atoms with Crippen molar-refractivity contribution in [2.45, 2.75) is 19.3 Å². The van der Waals surface area contributed by atoms with Gasteiger partial charge in [0.15, 0.2) is 0 Å². The number of likely N-dealkylation sites (tertiary alicyclic amines) is 1. The highest BCUT2D eigenvalue weighted by atomic mass is 16.5. The predicted molar refractivity (Wildman–Crippen MR) is 121 cm³/mol. The van der Waals surface area contributed by atoms with Crippen molar-refractivity contribution in [2.75, 3.05) is 53.0 Å². The van der Waals surface area contributed by atoms with Crippen LogP contribution < -0.4 is 5.32 Å². The lowest BCUT2D eigenvalue weighted by Crippen LogP contribution is -2.42. The van der Waals surface area contributed by atoms with Gasteiger partial charge >= 0.3 is 0 Å². The van der Waals surface area contributed by atoms with Gasteiger partial charge in [0.05, 0.1) is 6.61 Å². The molecule has 4 rings (SSSR count). The van der Waals surface area contributed by atoms with E-state index in [0.717, 1.165) is 61.4 Å². The second kappa shape index (κ2) is 10.1. The lowest BCUT2D eigenvalue weighted by molar-refractivity contribution is 0.0724. The average molecular weight is 422 g/mol. The van der Waals surface area contributed by atoms with Crippen molar-refractivity contribution in [2.24, 2.45) is 0 Å². The van der Waals surface area contributed by atoms with Crippen LogP contribution in [0.3, 0.4) is 0 Å². The summed E-state index contributed by atoms with van der Waals surface area (Å²) in [6.45, 7) is 5.88. The molecule has 6 nitrogen and oxygen atoms in total. The molecule has 2 aliphatic heterocycles. The Bertz CT molecular complexity index is 920. The monoisotopic (exact) mass is 421 g/mol. The number of nitrogens with one attached hydrogen (secondary N) is 1. The molecule has 1 saturated heterocycles. The molecule has 0 atom stereocenters. The number of hydrogen-bond acceptors (Lipinski definition) is 4. The first kappa shape index (κ1) is 21.5. The van der Waals surface area contributed by atoms with Crippen LogP contribution >= 0.6 is 0 Å². The summed E-state index contributed by atoms with van der Waals surface area (Å²) < 4.78 is 4.96. The van der Waals surface area contributed by atoms with Gasteiger partial charge in [0.25, 0.3) is 11.8 Å². The Morgan fingerprint density at radius 1 is 1.00 bits per heavy atom. The number of nitrogens with zero attached hydrogens (tertiary/aromatic N) is 2. The van der Waals surface area contributed by atoms with Crippen LogP contribution in [-0.4, -0.2) is 74.6 Å². The molecular formula is C25H31N3O3. The Hall–Kier alpha value is -2.70. The average Bonchev–Trinajstić information content (AvgIpc) is 3.32. The molecule has 164 valence electrons. The molecule has 2 amide bonds. The summed E-state index contributed by atoms with van der Waals surface area (Å²) in [6.07, 6.45) is 3.44. The SMILES string of the molecule is COCCNC(=O)c1ccc(-c2ccc3c(c2)CCN(CCN2CCCC2)C3=O)cc1. The quantitative estimate of drug-likeness (QED) is 0.666. The van der Waals surface area contributed by atoms with E-state index in [1.165, 1.54) is 12.8 Å². The fraction of sp³-hybridized carbons (Fsp3) is 0.440. The number of amides is 2. The van der Waals surface area contributed by atoms with Crippen molar-refractivity contribution in [3.63, 3.8) is 0 Å². The van der Waals surface area contributed by atoms with E-state index < -0.39 is 0 Å². The van der Waals surface area contributed by atoms with Gasteiger partial charge in [-0.1, -0.05) is 24.3 Å². The summed E-state index contributed by atoms with van der Waals surface area (Å²) in [7, 11) is 1.61. The van der Waals surface area contributed by atoms with Gasteiger partial charge < -0.3 is 19.9 Å². The van der Waals surface area contributed by atoms with Crippen LogP contribution in [-0.2, 0) is 11.2 Å². The summed E-state index contributed by atoms with van der Waals surface area (Å²) >= 11 is 0. The molecule has 2 aromatic rings. The highest BCUT2D eigenvalue weighted by molar-refractivity contribution is 5.97. The topological polar surface area (TPSA) is 61.9 Å². The standard InChI is InChI=1S/C25H31N3O3/c1-31-17-11-26-24(29)20-6-4-19(5-7-20)21-8-9-23-22(18-21)10-14-28(25(23)30)16-15-27-12-2-3-13-27/h4-9,18H,2-3,10-17H2,1H3,(H,26,29). The van der Waals surface area contributed by atoms with Gasteiger partial charge in [0.2, 0.25) is 0 Å². The Balaban J connectivity index is 1.40. The van der Waals surface area contributed by atoms with Gasteiger partial charge in [-0.25, -0.2) is 0 Å². The lowest BCUT2D eigenvalue weighted by atomic mass is 9.93. The zero-order chi connectivity index (χ0) is 21.6. The number of fused-ring (bicyclic) bond motifs is 1. The molecule has 1 fully saturated rings. The van der Waals surface area contributed by atoms with E-state index in [0.29, 0.717) is 18.7 Å². The largest absolute Gasteiger partial charge is 0.383 e. The third kappa shape index (κ3) is 5.14. The van der Waals surface area contributed by atoms with E-state index in [2.05, 4.69) is 16.3 Å². The molecule has 0 saturated carbocycles. The number of ether oxygens (including phenoxy) is 1. The molecule has 0 radical (unpaired) electrons. The normalized spacial score (nSPS) is 16.4. The van der Waals surface area contributed by atoms with Crippen molar-refractivity contribution in [3.05, 3.63) is 59.2 Å². The molecule has 2 aliphatic rings. The Kier molecular flexibility index (Phi) is 6.99. The zero-order valence-corrected chi connectivity index (χ0v) is 18.2. The van der Waals surface area contributed by atoms with E-state index >= 15 is 0 Å². The van der Waals surface area contributed by atoms with Gasteiger partial charge in [-0.2, -0.15) is 0 Å². The van der Waals surface area contributed by atoms with E-state index in [1.807, 2.05) is 41.3 Å². The summed E-state index contributed by atoms with van der Waals surface area (Å²) in [5.41, 5.74) is 4.68. The molecule has 2 heterocycles. The number of rotatable bonds is 8. The van der Waals surface area contributed by atoms with Gasteiger partial charge in [-0.3, -0.25) is 9.59 Å². The van der Waals surface area contributed by atoms with E-state index in [9.17, 15) is 9.59 Å². The van der Waals surface area contributed by atoms with E-state index in [-0.39, 0.29) is 11.8 Å². The van der Waals surface area contributed by atoms with Gasteiger partial charge in [0.1, 0.15) is 0 Å². The van der Waals surface area contributed by atoms with Crippen LogP contribution in [0.5, 0.6) is 0 Å². The Labute approximate surface area is 184 Å². The molecule has 0 aromatic heterocycles. The van der Waals surface area contributed by atoms with E-state index in [4.69, 9.17) is 4.74 Å². The van der Waals surface area contributed by atoms with Crippen molar-refractivity contribution in [3.8, 4) is 11.1 Å². The summed E-state index contributed by atoms with van der Waals surface area (Å²) in [4.78, 5) is 29.6. The second-order valence-electron chi connectivity index (χ2n) is 8.29. The third-order valence-corrected chi connectivity index (χ3v) is 6.23. The Morgan fingerprint density at radius 3 is 2.48 bits per heavy atom. The fourth-order valence-electron chi connectivity index (χ4n) is 4.38. The van der Waals surface area contributed by atoms with Crippen LogP contribution in [0.2, 0.25) is 0 Å². The Morgan fingerprint density at radius 2 is 1.74 bits per heavy atom. The summed E-state index contributed by atoms with van der Waals surface area (Å²) in [6, 6.07) is 13.7. The highest BCUT2D eigenvalue weighted by Gasteiger charge is 2.25. The predicted octanol–water partition coefficient (Wildman–Crippen LogP) is 2.82.